The molecule has 7 nitrogen and oxygen atoms in total. The molecule has 0 fully saturated rings. The first-order valence-corrected chi connectivity index (χ1v) is 15.5. The Balaban J connectivity index is 1.85. The molecule has 1 atom stereocenters. The van der Waals surface area contributed by atoms with Crippen LogP contribution in [0.2, 0.25) is 5.04 Å². The summed E-state index contributed by atoms with van der Waals surface area (Å²) >= 11 is 5.62. The predicted molar refractivity (Wildman–Crippen MR) is 171 cm³/mol. The molecule has 0 saturated carbocycles. The van der Waals surface area contributed by atoms with Gasteiger partial charge in [-0.3, -0.25) is 0 Å². The van der Waals surface area contributed by atoms with Crippen LogP contribution in [0.25, 0.3) is 0 Å². The molecule has 40 heavy (non-hydrogen) atoms. The lowest BCUT2D eigenvalue weighted by atomic mass is 10.1. The van der Waals surface area contributed by atoms with Gasteiger partial charge in [0, 0.05) is 19.8 Å². The summed E-state index contributed by atoms with van der Waals surface area (Å²) in [6, 6.07) is 28.2. The lowest BCUT2D eigenvalue weighted by Gasteiger charge is -2.45. The molecule has 1 unspecified atom stereocenters. The molecule has 0 amide bonds. The van der Waals surface area contributed by atoms with Gasteiger partial charge in [0.2, 0.25) is 0 Å². The smallest absolute Gasteiger partial charge is 0.261 e. The maximum atomic E-state index is 10.5. The van der Waals surface area contributed by atoms with Crippen molar-refractivity contribution in [2.45, 2.75) is 38.3 Å². The van der Waals surface area contributed by atoms with E-state index < -0.39 is 13.9 Å². The molecule has 0 aliphatic heterocycles. The monoisotopic (exact) mass is 573 g/mol. The van der Waals surface area contributed by atoms with Gasteiger partial charge in [-0.05, 0) is 52.8 Å². The van der Waals surface area contributed by atoms with E-state index in [1.54, 1.807) is 23.4 Å². The Kier molecular flexibility index (Phi) is 10.2. The maximum Gasteiger partial charge on any atom is 0.261 e. The second-order valence-electron chi connectivity index (χ2n) is 11.3. The van der Waals surface area contributed by atoms with Gasteiger partial charge in [-0.25, -0.2) is 4.99 Å². The predicted octanol–water partition coefficient (Wildman–Crippen LogP) is 4.39. The largest absolute Gasteiger partial charge is 0.405 e. The molecule has 0 aliphatic rings. The van der Waals surface area contributed by atoms with Crippen LogP contribution in [0.15, 0.2) is 83.9 Å². The van der Waals surface area contributed by atoms with Gasteiger partial charge in [0.05, 0.1) is 36.3 Å². The quantitative estimate of drug-likeness (QED) is 0.143. The summed E-state index contributed by atoms with van der Waals surface area (Å²) in [4.78, 5) is 6.15. The highest BCUT2D eigenvalue weighted by atomic mass is 32.1. The van der Waals surface area contributed by atoms with Gasteiger partial charge in [-0.1, -0.05) is 81.4 Å². The number of hydrogen-bond acceptors (Lipinski definition) is 5. The number of nitrogens with zero attached hydrogens (tertiary/aromatic N) is 3. The van der Waals surface area contributed by atoms with Crippen LogP contribution in [0.3, 0.4) is 0 Å². The highest BCUT2D eigenvalue weighted by molar-refractivity contribution is 7.80. The summed E-state index contributed by atoms with van der Waals surface area (Å²) in [7, 11) is 0.930. The summed E-state index contributed by atoms with van der Waals surface area (Å²) < 4.78 is 7.04. The zero-order valence-electron chi connectivity index (χ0n) is 24.1. The van der Waals surface area contributed by atoms with Crippen molar-refractivity contribution in [3.8, 4) is 6.07 Å². The van der Waals surface area contributed by atoms with Crippen molar-refractivity contribution < 1.29 is 9.53 Å². The van der Waals surface area contributed by atoms with Gasteiger partial charge < -0.3 is 25.1 Å². The molecule has 0 bridgehead atoms. The fourth-order valence-corrected chi connectivity index (χ4v) is 9.64. The van der Waals surface area contributed by atoms with Crippen LogP contribution in [-0.4, -0.2) is 62.6 Å². The first-order chi connectivity index (χ1) is 18.9. The molecule has 0 spiro atoms. The Labute approximate surface area is 244 Å². The number of rotatable bonds is 10. The van der Waals surface area contributed by atoms with Crippen molar-refractivity contribution in [2.24, 2.45) is 4.99 Å². The van der Waals surface area contributed by atoms with Crippen molar-refractivity contribution in [1.82, 2.24) is 10.2 Å². The minimum absolute atomic E-state index is 0.199. The normalized spacial score (nSPS) is 13.3. The molecule has 0 heterocycles. The number of thiocarbonyl (C=S) groups is 1. The molecule has 0 radical (unpaired) electrons. The standard InChI is InChI=1S/C31H39N5O2SSi/c1-30(2,3)40(26-13-9-7-10-14-26,27-15-11-8-12-16-27)38-22-31(4,21-37)35-29(39)34-25-17-18-28(24(19-25)20-32)33-23-36(5)6/h7-19,23,37H,21-22H2,1-6H3,(H2,34,35,39)/b33-23+. The fourth-order valence-electron chi connectivity index (χ4n) is 4.58. The van der Waals surface area contributed by atoms with Crippen LogP contribution in [0.5, 0.6) is 0 Å². The van der Waals surface area contributed by atoms with Crippen LogP contribution >= 0.6 is 12.2 Å². The van der Waals surface area contributed by atoms with Crippen molar-refractivity contribution in [1.29, 1.82) is 5.26 Å². The number of aliphatic hydroxyl groups excluding tert-OH is 1. The van der Waals surface area contributed by atoms with Crippen LogP contribution in [-0.2, 0) is 4.43 Å². The summed E-state index contributed by atoms with van der Waals surface area (Å²) in [5, 5.41) is 28.9. The van der Waals surface area contributed by atoms with Crippen LogP contribution in [0.1, 0.15) is 33.3 Å². The molecular weight excluding hydrogens is 535 g/mol. The highest BCUT2D eigenvalue weighted by Gasteiger charge is 2.51. The third-order valence-electron chi connectivity index (χ3n) is 6.59. The van der Waals surface area contributed by atoms with Gasteiger partial charge in [0.1, 0.15) is 6.07 Å². The Morgan fingerprint density at radius 3 is 2.08 bits per heavy atom. The highest BCUT2D eigenvalue weighted by Crippen LogP contribution is 2.37. The summed E-state index contributed by atoms with van der Waals surface area (Å²) in [6.07, 6.45) is 1.65. The average molecular weight is 574 g/mol. The van der Waals surface area contributed by atoms with Gasteiger partial charge >= 0.3 is 0 Å². The zero-order valence-corrected chi connectivity index (χ0v) is 25.9. The fraction of sp³-hybridized carbons (Fsp3) is 0.323. The van der Waals surface area contributed by atoms with Crippen molar-refractivity contribution in [3.05, 3.63) is 84.4 Å². The Morgan fingerprint density at radius 2 is 1.60 bits per heavy atom. The van der Waals surface area contributed by atoms with Crippen LogP contribution in [0, 0.1) is 11.3 Å². The average Bonchev–Trinajstić information content (AvgIpc) is 2.93. The number of hydrogen-bond donors (Lipinski definition) is 3. The molecule has 210 valence electrons. The Hall–Kier alpha value is -3.55. The number of aliphatic hydroxyl groups is 1. The molecule has 3 aromatic rings. The van der Waals surface area contributed by atoms with Crippen molar-refractivity contribution >= 4 is 53.7 Å². The lowest BCUT2D eigenvalue weighted by molar-refractivity contribution is 0.126. The van der Waals surface area contributed by atoms with Gasteiger partial charge in [-0.2, -0.15) is 5.26 Å². The van der Waals surface area contributed by atoms with Gasteiger partial charge in [-0.15, -0.1) is 0 Å². The first-order valence-electron chi connectivity index (χ1n) is 13.1. The van der Waals surface area contributed by atoms with Gasteiger partial charge in [0.15, 0.2) is 5.11 Å². The van der Waals surface area contributed by atoms with Crippen LogP contribution < -0.4 is 21.0 Å². The number of benzene rings is 3. The molecular formula is C31H39N5O2SSi. The zero-order chi connectivity index (χ0) is 29.4. The van der Waals surface area contributed by atoms with Gasteiger partial charge in [0.25, 0.3) is 8.32 Å². The molecule has 9 heteroatoms. The van der Waals surface area contributed by atoms with E-state index in [4.69, 9.17) is 16.6 Å². The van der Waals surface area contributed by atoms with E-state index in [9.17, 15) is 10.4 Å². The maximum absolute atomic E-state index is 10.5. The summed E-state index contributed by atoms with van der Waals surface area (Å²) in [5.74, 6) is 0. The number of nitriles is 1. The molecule has 3 aromatic carbocycles. The van der Waals surface area contributed by atoms with E-state index in [0.717, 1.165) is 10.4 Å². The Morgan fingerprint density at radius 1 is 1.02 bits per heavy atom. The van der Waals surface area contributed by atoms with E-state index >= 15 is 0 Å². The van der Waals surface area contributed by atoms with Crippen molar-refractivity contribution in [2.75, 3.05) is 32.6 Å². The third-order valence-corrected chi connectivity index (χ3v) is 11.8. The first kappa shape index (κ1) is 31.0. The van der Waals surface area contributed by atoms with Crippen LogP contribution in [0.4, 0.5) is 11.4 Å². The number of aliphatic imine (C=N–C) groups is 1. The van der Waals surface area contributed by atoms with E-state index in [2.05, 4.69) is 66.7 Å². The van der Waals surface area contributed by atoms with E-state index in [1.165, 1.54) is 0 Å². The van der Waals surface area contributed by atoms with Crippen molar-refractivity contribution in [3.63, 3.8) is 0 Å². The van der Waals surface area contributed by atoms with E-state index in [0.29, 0.717) is 22.1 Å². The number of nitrogens with one attached hydrogen (secondary N) is 2. The second kappa shape index (κ2) is 13.2. The minimum atomic E-state index is -2.80. The topological polar surface area (TPSA) is 92.9 Å². The molecule has 0 aromatic heterocycles. The summed E-state index contributed by atoms with van der Waals surface area (Å²) in [6.45, 7) is 8.56. The number of anilines is 1. The molecule has 3 rings (SSSR count). The third kappa shape index (κ3) is 7.34. The molecule has 3 N–H and O–H groups in total. The van der Waals surface area contributed by atoms with E-state index in [1.807, 2.05) is 63.5 Å². The second-order valence-corrected chi connectivity index (χ2v) is 16.0. The van der Waals surface area contributed by atoms with E-state index in [-0.39, 0.29) is 18.3 Å². The molecule has 0 aliphatic carbocycles. The summed E-state index contributed by atoms with van der Waals surface area (Å²) in [5.41, 5.74) is 0.766. The lowest BCUT2D eigenvalue weighted by Crippen LogP contribution is -2.68. The molecule has 0 saturated heterocycles. The minimum Gasteiger partial charge on any atom is -0.405 e. The SMILES string of the molecule is CN(C)/C=N/c1ccc(NC(=S)NC(C)(CO)CO[Si](c2ccccc2)(c2ccccc2)C(C)(C)C)cc1C#N. The Bertz CT molecular complexity index is 1310.